The van der Waals surface area contributed by atoms with Crippen LogP contribution in [0.3, 0.4) is 0 Å². The van der Waals surface area contributed by atoms with E-state index in [-0.39, 0.29) is 5.56 Å². The van der Waals surface area contributed by atoms with Crippen molar-refractivity contribution in [3.63, 3.8) is 0 Å². The zero-order valence-electron chi connectivity index (χ0n) is 13.1. The van der Waals surface area contributed by atoms with Gasteiger partial charge in [0.25, 0.3) is 0 Å². The molecular weight excluding hydrogens is 327 g/mol. The van der Waals surface area contributed by atoms with Crippen LogP contribution in [0.2, 0.25) is 0 Å². The highest BCUT2D eigenvalue weighted by Crippen LogP contribution is 2.35. The van der Waals surface area contributed by atoms with Crippen LogP contribution in [0.25, 0.3) is 0 Å². The summed E-state index contributed by atoms with van der Waals surface area (Å²) in [5, 5.41) is 2.40. The smallest absolute Gasteiger partial charge is 0.416 e. The van der Waals surface area contributed by atoms with Crippen LogP contribution in [-0.2, 0) is 25.2 Å². The van der Waals surface area contributed by atoms with Crippen molar-refractivity contribution >= 4 is 11.9 Å². The maximum atomic E-state index is 13.2. The number of rotatable bonds is 4. The van der Waals surface area contributed by atoms with Crippen LogP contribution in [0.4, 0.5) is 13.2 Å². The lowest BCUT2D eigenvalue weighted by Crippen LogP contribution is -2.40. The summed E-state index contributed by atoms with van der Waals surface area (Å²) in [6.07, 6.45) is -3.73. The quantitative estimate of drug-likeness (QED) is 0.852. The molecule has 0 saturated carbocycles. The molecule has 24 heavy (non-hydrogen) atoms. The standard InChI is InChI=1S/C16H18F3NO4/c1-23-15(22)13(20-14(21)10-6-8-24-9-7-10)11-4-2-3-5-12(11)16(17,18)19/h2-5,10,13H,6-9H2,1H3,(H,20,21)/t13-/m1/s1. The van der Waals surface area contributed by atoms with Gasteiger partial charge in [-0.05, 0) is 24.5 Å². The fourth-order valence-electron chi connectivity index (χ4n) is 2.61. The highest BCUT2D eigenvalue weighted by molar-refractivity contribution is 5.87. The molecule has 0 bridgehead atoms. The maximum Gasteiger partial charge on any atom is 0.416 e. The molecule has 1 atom stereocenters. The highest BCUT2D eigenvalue weighted by atomic mass is 19.4. The van der Waals surface area contributed by atoms with E-state index in [2.05, 4.69) is 10.1 Å². The third-order valence-corrected chi connectivity index (χ3v) is 3.89. The number of alkyl halides is 3. The molecule has 0 aromatic heterocycles. The van der Waals surface area contributed by atoms with Crippen molar-refractivity contribution in [1.29, 1.82) is 0 Å². The normalized spacial score (nSPS) is 17.2. The van der Waals surface area contributed by atoms with Crippen molar-refractivity contribution in [3.8, 4) is 0 Å². The summed E-state index contributed by atoms with van der Waals surface area (Å²) in [6.45, 7) is 0.806. The van der Waals surface area contributed by atoms with E-state index in [0.29, 0.717) is 26.1 Å². The van der Waals surface area contributed by atoms with Crippen molar-refractivity contribution < 1.29 is 32.2 Å². The summed E-state index contributed by atoms with van der Waals surface area (Å²) in [5.41, 5.74) is -1.31. The van der Waals surface area contributed by atoms with Crippen molar-refractivity contribution in [2.24, 2.45) is 5.92 Å². The molecule has 1 heterocycles. The van der Waals surface area contributed by atoms with Gasteiger partial charge >= 0.3 is 12.1 Å². The molecule has 1 aliphatic heterocycles. The van der Waals surface area contributed by atoms with E-state index in [1.165, 1.54) is 12.1 Å². The molecule has 0 unspecified atom stereocenters. The topological polar surface area (TPSA) is 64.6 Å². The van der Waals surface area contributed by atoms with E-state index in [1.54, 1.807) is 0 Å². The van der Waals surface area contributed by atoms with Crippen LogP contribution in [0, 0.1) is 5.92 Å². The van der Waals surface area contributed by atoms with Gasteiger partial charge in [0.15, 0.2) is 6.04 Å². The second kappa shape index (κ2) is 7.65. The third kappa shape index (κ3) is 4.25. The van der Waals surface area contributed by atoms with Crippen LogP contribution < -0.4 is 5.32 Å². The number of ether oxygens (including phenoxy) is 2. The number of nitrogens with one attached hydrogen (secondary N) is 1. The Morgan fingerprint density at radius 2 is 1.88 bits per heavy atom. The predicted molar refractivity (Wildman–Crippen MR) is 77.9 cm³/mol. The minimum atomic E-state index is -4.65. The van der Waals surface area contributed by atoms with Gasteiger partial charge in [0.1, 0.15) is 0 Å². The number of hydrogen-bond acceptors (Lipinski definition) is 4. The molecule has 1 amide bonds. The number of methoxy groups -OCH3 is 1. The van der Waals surface area contributed by atoms with E-state index in [4.69, 9.17) is 4.74 Å². The minimum Gasteiger partial charge on any atom is -0.467 e. The summed E-state index contributed by atoms with van der Waals surface area (Å²) in [7, 11) is 1.06. The molecule has 1 fully saturated rings. The lowest BCUT2D eigenvalue weighted by atomic mass is 9.96. The van der Waals surface area contributed by atoms with E-state index in [0.717, 1.165) is 19.2 Å². The second-order valence-corrected chi connectivity index (χ2v) is 5.44. The summed E-state index contributed by atoms with van der Waals surface area (Å²) in [6, 6.07) is 3.12. The van der Waals surface area contributed by atoms with Crippen molar-refractivity contribution in [2.75, 3.05) is 20.3 Å². The summed E-state index contributed by atoms with van der Waals surface area (Å²) >= 11 is 0. The van der Waals surface area contributed by atoms with Crippen LogP contribution in [0.15, 0.2) is 24.3 Å². The summed E-state index contributed by atoms with van der Waals surface area (Å²) in [4.78, 5) is 24.3. The van der Waals surface area contributed by atoms with Crippen molar-refractivity contribution in [2.45, 2.75) is 25.1 Å². The van der Waals surface area contributed by atoms with E-state index < -0.39 is 35.6 Å². The Morgan fingerprint density at radius 3 is 2.46 bits per heavy atom. The first-order valence-electron chi connectivity index (χ1n) is 7.46. The zero-order chi connectivity index (χ0) is 17.7. The average molecular weight is 345 g/mol. The first-order valence-corrected chi connectivity index (χ1v) is 7.46. The van der Waals surface area contributed by atoms with Gasteiger partial charge < -0.3 is 14.8 Å². The zero-order valence-corrected chi connectivity index (χ0v) is 13.1. The monoisotopic (exact) mass is 345 g/mol. The van der Waals surface area contributed by atoms with Gasteiger partial charge in [-0.1, -0.05) is 18.2 Å². The molecule has 0 spiro atoms. The van der Waals surface area contributed by atoms with Crippen LogP contribution in [0.1, 0.15) is 30.0 Å². The summed E-state index contributed by atoms with van der Waals surface area (Å²) in [5.74, 6) is -1.83. The van der Waals surface area contributed by atoms with Gasteiger partial charge in [0, 0.05) is 19.1 Å². The lowest BCUT2D eigenvalue weighted by molar-refractivity contribution is -0.147. The molecule has 1 saturated heterocycles. The van der Waals surface area contributed by atoms with Crippen LogP contribution >= 0.6 is 0 Å². The minimum absolute atomic E-state index is 0.336. The number of halogens is 3. The van der Waals surface area contributed by atoms with E-state index in [9.17, 15) is 22.8 Å². The largest absolute Gasteiger partial charge is 0.467 e. The number of benzene rings is 1. The van der Waals surface area contributed by atoms with E-state index >= 15 is 0 Å². The number of carbonyl (C=O) groups excluding carboxylic acids is 2. The first-order chi connectivity index (χ1) is 11.3. The SMILES string of the molecule is COC(=O)[C@H](NC(=O)C1CCOCC1)c1ccccc1C(F)(F)F. The van der Waals surface area contributed by atoms with E-state index in [1.807, 2.05) is 0 Å². The third-order valence-electron chi connectivity index (χ3n) is 3.89. The number of amides is 1. The molecule has 1 N–H and O–H groups in total. The van der Waals surface area contributed by atoms with Gasteiger partial charge in [0.05, 0.1) is 12.7 Å². The van der Waals surface area contributed by atoms with Crippen molar-refractivity contribution in [3.05, 3.63) is 35.4 Å². The Labute approximate surface area is 137 Å². The molecule has 0 aliphatic carbocycles. The van der Waals surface area contributed by atoms with Gasteiger partial charge in [-0.25, -0.2) is 4.79 Å². The van der Waals surface area contributed by atoms with Crippen molar-refractivity contribution in [1.82, 2.24) is 5.32 Å². The van der Waals surface area contributed by atoms with Gasteiger partial charge in [-0.2, -0.15) is 13.2 Å². The molecule has 132 valence electrons. The second-order valence-electron chi connectivity index (χ2n) is 5.44. The Balaban J connectivity index is 2.29. The predicted octanol–water partition coefficient (Wildman–Crippen LogP) is 2.46. The summed E-state index contributed by atoms with van der Waals surface area (Å²) < 4.78 is 49.3. The fourth-order valence-corrected chi connectivity index (χ4v) is 2.61. The molecule has 0 radical (unpaired) electrons. The molecule has 1 aromatic rings. The lowest BCUT2D eigenvalue weighted by Gasteiger charge is -2.25. The molecule has 8 heteroatoms. The Kier molecular flexibility index (Phi) is 5.82. The maximum absolute atomic E-state index is 13.2. The number of carbonyl (C=O) groups is 2. The average Bonchev–Trinajstić information content (AvgIpc) is 2.59. The highest BCUT2D eigenvalue weighted by Gasteiger charge is 2.38. The Hall–Kier alpha value is -2.09. The molecular formula is C16H18F3NO4. The van der Waals surface area contributed by atoms with Gasteiger partial charge in [0.2, 0.25) is 5.91 Å². The molecule has 1 aromatic carbocycles. The molecule has 2 rings (SSSR count). The number of esters is 1. The Bertz CT molecular complexity index is 597. The van der Waals surface area contributed by atoms with Crippen LogP contribution in [0.5, 0.6) is 0 Å². The Morgan fingerprint density at radius 1 is 1.25 bits per heavy atom. The first kappa shape index (κ1) is 18.3. The fraction of sp³-hybridized carbons (Fsp3) is 0.500. The molecule has 1 aliphatic rings. The number of hydrogen-bond donors (Lipinski definition) is 1. The van der Waals surface area contributed by atoms with Gasteiger partial charge in [-0.3, -0.25) is 4.79 Å². The van der Waals surface area contributed by atoms with Crippen LogP contribution in [-0.4, -0.2) is 32.2 Å². The molecule has 5 nitrogen and oxygen atoms in total. The van der Waals surface area contributed by atoms with Gasteiger partial charge in [-0.15, -0.1) is 0 Å².